The highest BCUT2D eigenvalue weighted by molar-refractivity contribution is 6.12. The number of likely N-dealkylation sites (tertiary alicyclic amines) is 1. The number of aromatic nitrogens is 2. The summed E-state index contributed by atoms with van der Waals surface area (Å²) in [5.74, 6) is -4.34. The fourth-order valence-corrected chi connectivity index (χ4v) is 10.8. The van der Waals surface area contributed by atoms with E-state index >= 15 is 4.39 Å². The number of Topliss-reactive ketones (excluding diaryl/α,β-unsaturated/α-hetero) is 2. The Morgan fingerprint density at radius 1 is 0.848 bits per heavy atom. The normalized spacial score (nSPS) is 17.1. The Hall–Kier alpha value is -7.45. The monoisotopic (exact) mass is 1090 g/mol. The molecule has 20 heteroatoms. The lowest BCUT2D eigenvalue weighted by atomic mass is 9.71. The van der Waals surface area contributed by atoms with Crippen molar-refractivity contribution in [2.75, 3.05) is 44.7 Å². The van der Waals surface area contributed by atoms with Crippen molar-refractivity contribution in [1.29, 1.82) is 0 Å². The fourth-order valence-electron chi connectivity index (χ4n) is 10.8. The number of aliphatic hydroxyl groups excluding tert-OH is 1. The number of rotatable bonds is 29. The molecule has 422 valence electrons. The molecule has 3 aliphatic rings. The number of hydrogen-bond acceptors (Lipinski definition) is 11. The highest BCUT2D eigenvalue weighted by atomic mass is 19.1. The van der Waals surface area contributed by atoms with Crippen LogP contribution in [0.4, 0.5) is 19.3 Å². The topological polar surface area (TPSA) is 252 Å². The highest BCUT2D eigenvalue weighted by Gasteiger charge is 2.43. The highest BCUT2D eigenvalue weighted by Crippen LogP contribution is 2.43. The Bertz CT molecular complexity index is 2800. The van der Waals surface area contributed by atoms with Gasteiger partial charge in [-0.3, -0.25) is 38.5 Å². The number of imide groups is 1. The molecule has 1 aromatic heterocycles. The first-order chi connectivity index (χ1) is 38.0. The summed E-state index contributed by atoms with van der Waals surface area (Å²) in [4.78, 5) is 110. The lowest BCUT2D eigenvalue weighted by Gasteiger charge is -2.36. The molecule has 0 bridgehead atoms. The van der Waals surface area contributed by atoms with Crippen LogP contribution in [0.1, 0.15) is 113 Å². The fraction of sp³-hybridized carbons (Fsp3) is 0.475. The van der Waals surface area contributed by atoms with Gasteiger partial charge in [-0.05, 0) is 118 Å². The second-order valence-electron chi connectivity index (χ2n) is 20.9. The molecule has 3 aliphatic heterocycles. The Labute approximate surface area is 458 Å². The third kappa shape index (κ3) is 17.3. The molecule has 7 rings (SSSR count). The van der Waals surface area contributed by atoms with E-state index in [1.54, 1.807) is 30.5 Å². The first-order valence-corrected chi connectivity index (χ1v) is 27.4. The van der Waals surface area contributed by atoms with Crippen molar-refractivity contribution in [3.63, 3.8) is 0 Å². The minimum atomic E-state index is -1.29. The number of benzene rings is 3. The van der Waals surface area contributed by atoms with E-state index in [0.717, 1.165) is 34.2 Å². The van der Waals surface area contributed by atoms with Crippen molar-refractivity contribution in [3.05, 3.63) is 120 Å². The van der Waals surface area contributed by atoms with Gasteiger partial charge >= 0.3 is 6.03 Å². The minimum absolute atomic E-state index is 0.00124. The maximum absolute atomic E-state index is 15.4. The number of aliphatic hydroxyl groups is 1. The van der Waals surface area contributed by atoms with Crippen molar-refractivity contribution >= 4 is 52.8 Å². The Balaban J connectivity index is 0.940. The standard InChI is InChI=1S/C59H72F2N8O10/c1-38(70)56(76)47(55(42-26-31-79-32-27-42)57-66-50(46-34-43(60)16-20-48(46)61)37-68(57)35-40-9-4-2-5-10-40)33-41-25-30-67(36-41)52(73)22-15-39-13-17-44(18-14-39)64-58(77)49(12-8-28-63-59(62)78)65-51(72)21-19-45(71)11-6-3-7-29-69-53(74)23-24-54(69)75/h2,4-5,9-10,13-14,16-18,20,23-24,34,37-38,41-42,47,49,55,70H,3,6-8,11-12,15,19,21-22,25-33,35-36H2,1H3,(H,64,77)(H,65,72)(H3,62,63,78)/t38-,41+,47?,49-,55-/m0/s1. The number of primary amides is 1. The van der Waals surface area contributed by atoms with Crippen LogP contribution >= 0.6 is 0 Å². The maximum atomic E-state index is 15.4. The first kappa shape index (κ1) is 59.2. The zero-order chi connectivity index (χ0) is 56.4. The molecule has 0 saturated carbocycles. The molecule has 2 fully saturated rings. The molecule has 4 aromatic rings. The van der Waals surface area contributed by atoms with Gasteiger partial charge in [-0.2, -0.15) is 0 Å². The van der Waals surface area contributed by atoms with Gasteiger partial charge in [0.2, 0.25) is 17.7 Å². The van der Waals surface area contributed by atoms with Crippen LogP contribution in [0.15, 0.2) is 91.1 Å². The molecular formula is C59H72F2N8O10. The molecule has 18 nitrogen and oxygen atoms in total. The van der Waals surface area contributed by atoms with E-state index in [1.807, 2.05) is 39.8 Å². The summed E-state index contributed by atoms with van der Waals surface area (Å²) < 4.78 is 37.6. The van der Waals surface area contributed by atoms with Crippen LogP contribution < -0.4 is 21.7 Å². The SMILES string of the molecule is C[C@H](O)C(=O)C(C[C@H]1CCN(C(=O)CCc2ccc(NC(=O)[C@H](CCCNC(N)=O)NC(=O)CCC(=O)CCCCCN3C(=O)C=CC3=O)cc2)C1)[C@@H](c1nc(-c2cc(F)ccc2F)cn1Cc1ccccc1)C1CCOCC1. The Morgan fingerprint density at radius 2 is 1.58 bits per heavy atom. The summed E-state index contributed by atoms with van der Waals surface area (Å²) in [6.07, 6.45) is 7.99. The number of nitrogens with one attached hydrogen (secondary N) is 3. The van der Waals surface area contributed by atoms with Crippen LogP contribution in [-0.2, 0) is 51.3 Å². The number of hydrogen-bond donors (Lipinski definition) is 5. The Morgan fingerprint density at radius 3 is 2.29 bits per heavy atom. The summed E-state index contributed by atoms with van der Waals surface area (Å²) in [6, 6.07) is 18.2. The van der Waals surface area contributed by atoms with E-state index in [2.05, 4.69) is 16.0 Å². The molecule has 3 aromatic carbocycles. The van der Waals surface area contributed by atoms with E-state index in [-0.39, 0.29) is 97.6 Å². The van der Waals surface area contributed by atoms with Crippen LogP contribution in [0.25, 0.3) is 11.3 Å². The van der Waals surface area contributed by atoms with E-state index in [9.17, 15) is 47.9 Å². The number of nitrogens with zero attached hydrogens (tertiary/aromatic N) is 4. The number of anilines is 1. The first-order valence-electron chi connectivity index (χ1n) is 27.4. The van der Waals surface area contributed by atoms with Crippen LogP contribution in [0.5, 0.6) is 0 Å². The summed E-state index contributed by atoms with van der Waals surface area (Å²) in [5, 5.41) is 19.0. The molecule has 5 atom stereocenters. The average Bonchev–Trinajstić information content (AvgIpc) is 4.37. The molecule has 4 heterocycles. The summed E-state index contributed by atoms with van der Waals surface area (Å²) in [7, 11) is 0. The molecule has 6 N–H and O–H groups in total. The van der Waals surface area contributed by atoms with Crippen LogP contribution in [0.3, 0.4) is 0 Å². The van der Waals surface area contributed by atoms with Gasteiger partial charge in [-0.15, -0.1) is 0 Å². The zero-order valence-corrected chi connectivity index (χ0v) is 44.7. The van der Waals surface area contributed by atoms with Crippen molar-refractivity contribution < 1.29 is 57.0 Å². The molecule has 2 saturated heterocycles. The number of ketones is 2. The smallest absolute Gasteiger partial charge is 0.312 e. The molecule has 7 amide bonds. The molecular weight excluding hydrogens is 1020 g/mol. The van der Waals surface area contributed by atoms with Gasteiger partial charge in [0.05, 0.1) is 5.69 Å². The van der Waals surface area contributed by atoms with E-state index < -0.39 is 53.5 Å². The molecule has 0 spiro atoms. The number of carbonyl (C=O) groups excluding carboxylic acids is 8. The summed E-state index contributed by atoms with van der Waals surface area (Å²) >= 11 is 0. The third-order valence-electron chi connectivity index (χ3n) is 15.1. The maximum Gasteiger partial charge on any atom is 0.312 e. The van der Waals surface area contributed by atoms with Gasteiger partial charge in [-0.25, -0.2) is 18.6 Å². The second-order valence-corrected chi connectivity index (χ2v) is 20.9. The molecule has 0 aliphatic carbocycles. The molecule has 1 unspecified atom stereocenters. The van der Waals surface area contributed by atoms with Crippen LogP contribution in [0.2, 0.25) is 0 Å². The lowest BCUT2D eigenvalue weighted by Crippen LogP contribution is -2.44. The van der Waals surface area contributed by atoms with Crippen molar-refractivity contribution in [2.24, 2.45) is 23.5 Å². The summed E-state index contributed by atoms with van der Waals surface area (Å²) in [5.41, 5.74) is 7.66. The van der Waals surface area contributed by atoms with Crippen molar-refractivity contribution in [1.82, 2.24) is 30.0 Å². The number of ether oxygens (including phenoxy) is 1. The lowest BCUT2D eigenvalue weighted by molar-refractivity contribution is -0.137. The largest absolute Gasteiger partial charge is 0.386 e. The van der Waals surface area contributed by atoms with E-state index in [1.165, 1.54) is 19.1 Å². The number of nitrogens with two attached hydrogens (primary N) is 1. The van der Waals surface area contributed by atoms with Crippen LogP contribution in [-0.4, -0.2) is 123 Å². The Kier molecular flexibility index (Phi) is 21.7. The van der Waals surface area contributed by atoms with E-state index in [4.69, 9.17) is 15.5 Å². The van der Waals surface area contributed by atoms with Gasteiger partial charge in [-0.1, -0.05) is 48.9 Å². The summed E-state index contributed by atoms with van der Waals surface area (Å²) in [6.45, 7) is 4.09. The van der Waals surface area contributed by atoms with E-state index in [0.29, 0.717) is 102 Å². The van der Waals surface area contributed by atoms with Crippen molar-refractivity contribution in [2.45, 2.75) is 121 Å². The average molecular weight is 1090 g/mol. The van der Waals surface area contributed by atoms with Gasteiger partial charge < -0.3 is 41.0 Å². The van der Waals surface area contributed by atoms with Crippen molar-refractivity contribution in [3.8, 4) is 11.3 Å². The van der Waals surface area contributed by atoms with Gasteiger partial charge in [0.25, 0.3) is 11.8 Å². The predicted octanol–water partition coefficient (Wildman–Crippen LogP) is 6.53. The van der Waals surface area contributed by atoms with Gasteiger partial charge in [0, 0.05) is 113 Å². The molecule has 0 radical (unpaired) electrons. The number of aryl methyl sites for hydroxylation is 1. The third-order valence-corrected chi connectivity index (χ3v) is 15.1. The number of unbranched alkanes of at least 4 members (excludes halogenated alkanes) is 2. The van der Waals surface area contributed by atoms with Gasteiger partial charge in [0.1, 0.15) is 35.4 Å². The second kappa shape index (κ2) is 29.0. The zero-order valence-electron chi connectivity index (χ0n) is 44.7. The minimum Gasteiger partial charge on any atom is -0.386 e. The number of urea groups is 1. The number of carbonyl (C=O) groups is 8. The number of halogens is 2. The van der Waals surface area contributed by atoms with Gasteiger partial charge in [0.15, 0.2) is 5.78 Å². The van der Waals surface area contributed by atoms with Crippen LogP contribution in [0, 0.1) is 29.4 Å². The molecule has 79 heavy (non-hydrogen) atoms. The predicted molar refractivity (Wildman–Crippen MR) is 290 cm³/mol. The number of amides is 7. The quantitative estimate of drug-likeness (QED) is 0.0289. The number of imidazole rings is 1.